The smallest absolute Gasteiger partial charge is 0.235 e. The number of piperazine rings is 1. The molecule has 0 saturated carbocycles. The fraction of sp³-hybridized carbons (Fsp3) is 0.222. The van der Waals surface area contributed by atoms with E-state index >= 15 is 0 Å². The fourth-order valence-corrected chi connectivity index (χ4v) is 4.47. The number of anilines is 1. The van der Waals surface area contributed by atoms with Crippen molar-refractivity contribution in [1.82, 2.24) is 4.90 Å². The molecule has 1 fully saturated rings. The Morgan fingerprint density at radius 2 is 1.74 bits per heavy atom. The number of hydrogen-bond donors (Lipinski definition) is 1. The fourth-order valence-electron chi connectivity index (χ4n) is 4.28. The monoisotopic (exact) mass is 492 g/mol. The van der Waals surface area contributed by atoms with Crippen LogP contribution in [0.4, 0.5) is 5.69 Å². The average Bonchev–Trinajstić information content (AvgIpc) is 2.88. The largest absolute Gasteiger partial charge is 0.507 e. The van der Waals surface area contributed by atoms with Gasteiger partial charge in [-0.05, 0) is 54.6 Å². The van der Waals surface area contributed by atoms with Crippen molar-refractivity contribution < 1.29 is 19.0 Å². The third-order valence-corrected chi connectivity index (χ3v) is 6.44. The number of fused-ring (bicyclic) bond motifs is 1. The minimum absolute atomic E-state index is 0.0782. The molecule has 8 heteroatoms. The van der Waals surface area contributed by atoms with Crippen LogP contribution in [0.5, 0.6) is 23.0 Å². The van der Waals surface area contributed by atoms with Gasteiger partial charge in [-0.15, -0.1) is 0 Å². The Hall–Kier alpha value is -3.68. The zero-order valence-corrected chi connectivity index (χ0v) is 20.0. The highest BCUT2D eigenvalue weighted by Crippen LogP contribution is 2.30. The lowest BCUT2D eigenvalue weighted by Crippen LogP contribution is -2.46. The van der Waals surface area contributed by atoms with Gasteiger partial charge in [-0.3, -0.25) is 9.69 Å². The van der Waals surface area contributed by atoms with E-state index in [0.717, 1.165) is 36.9 Å². The molecule has 35 heavy (non-hydrogen) atoms. The van der Waals surface area contributed by atoms with Gasteiger partial charge in [-0.25, -0.2) is 0 Å². The van der Waals surface area contributed by atoms with Crippen molar-refractivity contribution in [3.8, 4) is 23.0 Å². The molecule has 0 spiro atoms. The summed E-state index contributed by atoms with van der Waals surface area (Å²) in [4.78, 5) is 17.6. The van der Waals surface area contributed by atoms with E-state index in [1.807, 2.05) is 18.2 Å². The lowest BCUT2D eigenvalue weighted by Gasteiger charge is -2.36. The molecule has 180 valence electrons. The average molecular weight is 493 g/mol. The molecule has 2 heterocycles. The van der Waals surface area contributed by atoms with Crippen LogP contribution in [0, 0.1) is 0 Å². The lowest BCUT2D eigenvalue weighted by molar-refractivity contribution is 0.246. The summed E-state index contributed by atoms with van der Waals surface area (Å²) in [6.07, 6.45) is 1.30. The first kappa shape index (κ1) is 23.1. The predicted molar refractivity (Wildman–Crippen MR) is 136 cm³/mol. The molecule has 4 aromatic rings. The van der Waals surface area contributed by atoms with Crippen molar-refractivity contribution in [3.63, 3.8) is 0 Å². The van der Waals surface area contributed by atoms with E-state index in [1.54, 1.807) is 37.4 Å². The van der Waals surface area contributed by atoms with Crippen LogP contribution in [0.1, 0.15) is 5.56 Å². The highest BCUT2D eigenvalue weighted by atomic mass is 35.5. The van der Waals surface area contributed by atoms with E-state index in [9.17, 15) is 9.90 Å². The second kappa shape index (κ2) is 9.90. The molecule has 0 radical (unpaired) electrons. The van der Waals surface area contributed by atoms with Gasteiger partial charge in [0.25, 0.3) is 0 Å². The van der Waals surface area contributed by atoms with Crippen molar-refractivity contribution >= 4 is 28.3 Å². The van der Waals surface area contributed by atoms with Gasteiger partial charge in [-0.2, -0.15) is 0 Å². The maximum absolute atomic E-state index is 13.1. The number of rotatable bonds is 6. The summed E-state index contributed by atoms with van der Waals surface area (Å²) in [7, 11) is 1.58. The minimum atomic E-state index is -0.297. The first-order chi connectivity index (χ1) is 17.0. The van der Waals surface area contributed by atoms with Gasteiger partial charge in [0.1, 0.15) is 29.1 Å². The van der Waals surface area contributed by atoms with E-state index < -0.39 is 0 Å². The molecule has 7 nitrogen and oxygen atoms in total. The summed E-state index contributed by atoms with van der Waals surface area (Å²) in [5.74, 6) is 1.36. The van der Waals surface area contributed by atoms with Gasteiger partial charge >= 0.3 is 0 Å². The molecule has 1 saturated heterocycles. The van der Waals surface area contributed by atoms with Crippen molar-refractivity contribution in [3.05, 3.63) is 87.7 Å². The van der Waals surface area contributed by atoms with E-state index in [4.69, 9.17) is 25.5 Å². The summed E-state index contributed by atoms with van der Waals surface area (Å²) >= 11 is 6.14. The third-order valence-electron chi connectivity index (χ3n) is 6.20. The quantitative estimate of drug-likeness (QED) is 0.392. The van der Waals surface area contributed by atoms with Gasteiger partial charge in [0, 0.05) is 43.4 Å². The first-order valence-electron chi connectivity index (χ1n) is 11.3. The SMILES string of the molecule is COc1ccc(Oc2coc3c(CN4CCN(c5cccc(Cl)c5)CC4)c(O)ccc3c2=O)cc1. The van der Waals surface area contributed by atoms with Crippen LogP contribution in [-0.2, 0) is 6.54 Å². The molecule has 1 aromatic heterocycles. The van der Waals surface area contributed by atoms with Crippen LogP contribution in [-0.4, -0.2) is 43.3 Å². The molecule has 1 aliphatic heterocycles. The maximum Gasteiger partial charge on any atom is 0.235 e. The highest BCUT2D eigenvalue weighted by molar-refractivity contribution is 6.30. The number of ether oxygens (including phenoxy) is 2. The number of phenolic OH excluding ortho intramolecular Hbond substituents is 1. The Morgan fingerprint density at radius 3 is 2.46 bits per heavy atom. The second-order valence-corrected chi connectivity index (χ2v) is 8.83. The van der Waals surface area contributed by atoms with Gasteiger partial charge < -0.3 is 23.9 Å². The van der Waals surface area contributed by atoms with Crippen LogP contribution >= 0.6 is 11.6 Å². The third kappa shape index (κ3) is 4.92. The molecular weight excluding hydrogens is 468 g/mol. The summed E-state index contributed by atoms with van der Waals surface area (Å²) in [5, 5.41) is 11.7. The second-order valence-electron chi connectivity index (χ2n) is 8.39. The molecule has 0 atom stereocenters. The molecule has 1 N–H and O–H groups in total. The molecule has 1 aliphatic rings. The van der Waals surface area contributed by atoms with Crippen LogP contribution in [0.3, 0.4) is 0 Å². The Labute approximate surface area is 207 Å². The van der Waals surface area contributed by atoms with Crippen molar-refractivity contribution in [2.75, 3.05) is 38.2 Å². The minimum Gasteiger partial charge on any atom is -0.507 e. The van der Waals surface area contributed by atoms with Crippen LogP contribution < -0.4 is 19.8 Å². The number of methoxy groups -OCH3 is 1. The van der Waals surface area contributed by atoms with Crippen LogP contribution in [0.25, 0.3) is 11.0 Å². The zero-order chi connectivity index (χ0) is 24.4. The Balaban J connectivity index is 1.34. The molecule has 0 aliphatic carbocycles. The number of nitrogens with zero attached hydrogens (tertiary/aromatic N) is 2. The van der Waals surface area contributed by atoms with Gasteiger partial charge in [-0.1, -0.05) is 17.7 Å². The summed E-state index contributed by atoms with van der Waals surface area (Å²) < 4.78 is 16.7. The van der Waals surface area contributed by atoms with Gasteiger partial charge in [0.15, 0.2) is 0 Å². The van der Waals surface area contributed by atoms with Gasteiger partial charge in [0.2, 0.25) is 11.2 Å². The van der Waals surface area contributed by atoms with E-state index in [2.05, 4.69) is 15.9 Å². The molecule has 3 aromatic carbocycles. The van der Waals surface area contributed by atoms with E-state index in [1.165, 1.54) is 12.3 Å². The lowest BCUT2D eigenvalue weighted by atomic mass is 10.1. The molecule has 0 amide bonds. The van der Waals surface area contributed by atoms with E-state index in [-0.39, 0.29) is 16.9 Å². The molecule has 0 bridgehead atoms. The van der Waals surface area contributed by atoms with Crippen molar-refractivity contribution in [2.45, 2.75) is 6.54 Å². The predicted octanol–water partition coefficient (Wildman–Crippen LogP) is 5.28. The summed E-state index contributed by atoms with van der Waals surface area (Å²) in [6, 6.07) is 17.9. The standard InChI is InChI=1S/C27H25ClN2O5/c1-33-20-5-7-21(8-6-20)35-25-17-34-27-22(26(25)32)9-10-24(31)23(27)16-29-11-13-30(14-12-29)19-4-2-3-18(28)15-19/h2-10,15,17,31H,11-14,16H2,1H3. The normalized spacial score (nSPS) is 14.3. The Morgan fingerprint density at radius 1 is 1.00 bits per heavy atom. The zero-order valence-electron chi connectivity index (χ0n) is 19.2. The van der Waals surface area contributed by atoms with E-state index in [0.29, 0.717) is 34.6 Å². The van der Waals surface area contributed by atoms with Gasteiger partial charge in [0.05, 0.1) is 18.1 Å². The summed E-state index contributed by atoms with van der Waals surface area (Å²) in [6.45, 7) is 3.72. The van der Waals surface area contributed by atoms with Crippen molar-refractivity contribution in [2.24, 2.45) is 0 Å². The highest BCUT2D eigenvalue weighted by Gasteiger charge is 2.22. The molecule has 0 unspecified atom stereocenters. The molecule has 5 rings (SSSR count). The number of benzene rings is 3. The van der Waals surface area contributed by atoms with Crippen molar-refractivity contribution in [1.29, 1.82) is 0 Å². The topological polar surface area (TPSA) is 75.4 Å². The maximum atomic E-state index is 13.1. The number of halogens is 1. The summed E-state index contributed by atoms with van der Waals surface area (Å²) in [5.41, 5.74) is 1.76. The Bertz CT molecular complexity index is 1400. The first-order valence-corrected chi connectivity index (χ1v) is 11.7. The Kier molecular flexibility index (Phi) is 6.53. The number of hydrogen-bond acceptors (Lipinski definition) is 7. The van der Waals surface area contributed by atoms with Crippen LogP contribution in [0.15, 0.2) is 76.1 Å². The number of aromatic hydroxyl groups is 1. The molecular formula is C27H25ClN2O5. The number of phenols is 1. The van der Waals surface area contributed by atoms with Crippen LogP contribution in [0.2, 0.25) is 5.02 Å².